The Hall–Kier alpha value is -2.87. The summed E-state index contributed by atoms with van der Waals surface area (Å²) in [6.45, 7) is 8.61. The van der Waals surface area contributed by atoms with Gasteiger partial charge in [0.05, 0.1) is 23.1 Å². The summed E-state index contributed by atoms with van der Waals surface area (Å²) in [5.41, 5.74) is 6.51. The van der Waals surface area contributed by atoms with Crippen LogP contribution in [0.1, 0.15) is 66.3 Å². The summed E-state index contributed by atoms with van der Waals surface area (Å²) >= 11 is 0. The van der Waals surface area contributed by atoms with Gasteiger partial charge < -0.3 is 15.2 Å². The highest BCUT2D eigenvalue weighted by Gasteiger charge is 2.42. The molecule has 0 saturated carbocycles. The number of aliphatic hydroxyl groups is 1. The van der Waals surface area contributed by atoms with Crippen LogP contribution in [0.4, 0.5) is 11.4 Å². The quantitative estimate of drug-likeness (QED) is 0.379. The van der Waals surface area contributed by atoms with Crippen molar-refractivity contribution >= 4 is 21.4 Å². The molecule has 4 unspecified atom stereocenters. The van der Waals surface area contributed by atoms with E-state index in [1.165, 1.54) is 0 Å². The average molecular weight is 507 g/mol. The van der Waals surface area contributed by atoms with E-state index in [1.807, 2.05) is 58.0 Å². The van der Waals surface area contributed by atoms with Crippen molar-refractivity contribution in [3.05, 3.63) is 88.5 Å². The molecular weight excluding hydrogens is 472 g/mol. The molecule has 36 heavy (non-hydrogen) atoms. The highest BCUT2D eigenvalue weighted by Crippen LogP contribution is 2.50. The van der Waals surface area contributed by atoms with Gasteiger partial charge in [0.1, 0.15) is 0 Å². The van der Waals surface area contributed by atoms with Crippen LogP contribution in [0.5, 0.6) is 0 Å². The number of aryl methyl sites for hydroxylation is 2. The first-order chi connectivity index (χ1) is 17.1. The van der Waals surface area contributed by atoms with Crippen molar-refractivity contribution in [2.24, 2.45) is 11.8 Å². The Morgan fingerprint density at radius 1 is 1.00 bits per heavy atom. The normalized spacial score (nSPS) is 22.0. The first-order valence-electron chi connectivity index (χ1n) is 12.5. The van der Waals surface area contributed by atoms with E-state index in [2.05, 4.69) is 22.2 Å². The fourth-order valence-corrected chi connectivity index (χ4v) is 6.34. The van der Waals surface area contributed by atoms with E-state index in [4.69, 9.17) is 4.74 Å². The van der Waals surface area contributed by atoms with Crippen LogP contribution in [0.15, 0.2) is 65.6 Å². The zero-order valence-electron chi connectivity index (χ0n) is 21.2. The molecule has 3 aromatic rings. The molecule has 7 heteroatoms. The van der Waals surface area contributed by atoms with E-state index < -0.39 is 16.1 Å². The molecule has 0 amide bonds. The minimum absolute atomic E-state index is 0.0476. The molecule has 2 aliphatic heterocycles. The first-order valence-corrected chi connectivity index (χ1v) is 14.0. The smallest absolute Gasteiger partial charge is 0.261 e. The fourth-order valence-electron chi connectivity index (χ4n) is 5.25. The van der Waals surface area contributed by atoms with Gasteiger partial charge >= 0.3 is 0 Å². The standard InChI is InChI=1S/C29H34N2O4S/c1-17(2)28(32)21-8-6-20(7-9-21)27-24-13-14-35-29(24)25-16-23(11-12-26(25)30-27)36(33,34)31-22-10-5-18(3)19(4)15-22/h5-12,15-17,24,27-32H,13-14H2,1-4H3. The third-order valence-corrected chi connectivity index (χ3v) is 8.92. The number of fused-ring (bicyclic) bond motifs is 3. The van der Waals surface area contributed by atoms with Crippen molar-refractivity contribution in [3.63, 3.8) is 0 Å². The Morgan fingerprint density at radius 3 is 2.44 bits per heavy atom. The zero-order chi connectivity index (χ0) is 25.6. The molecule has 4 atom stereocenters. The number of aliphatic hydroxyl groups excluding tert-OH is 1. The van der Waals surface area contributed by atoms with E-state index in [9.17, 15) is 13.5 Å². The number of benzene rings is 3. The van der Waals surface area contributed by atoms with E-state index >= 15 is 0 Å². The van der Waals surface area contributed by atoms with Crippen molar-refractivity contribution < 1.29 is 18.3 Å². The first kappa shape index (κ1) is 24.8. The predicted octanol–water partition coefficient (Wildman–Crippen LogP) is 6.04. The van der Waals surface area contributed by atoms with Crippen molar-refractivity contribution in [3.8, 4) is 0 Å². The molecule has 0 spiro atoms. The summed E-state index contributed by atoms with van der Waals surface area (Å²) in [6.07, 6.45) is 0.221. The lowest BCUT2D eigenvalue weighted by Gasteiger charge is -2.37. The lowest BCUT2D eigenvalue weighted by Crippen LogP contribution is -2.29. The van der Waals surface area contributed by atoms with Gasteiger partial charge in [0.15, 0.2) is 0 Å². The van der Waals surface area contributed by atoms with Crippen LogP contribution < -0.4 is 10.0 Å². The Kier molecular flexibility index (Phi) is 6.57. The van der Waals surface area contributed by atoms with Crippen LogP contribution >= 0.6 is 0 Å². The summed E-state index contributed by atoms with van der Waals surface area (Å²) in [7, 11) is -3.75. The number of hydrogen-bond donors (Lipinski definition) is 3. The van der Waals surface area contributed by atoms with Gasteiger partial charge in [-0.15, -0.1) is 0 Å². The average Bonchev–Trinajstić information content (AvgIpc) is 3.35. The fraction of sp³-hybridized carbons (Fsp3) is 0.379. The van der Waals surface area contributed by atoms with Gasteiger partial charge in [-0.2, -0.15) is 0 Å². The van der Waals surface area contributed by atoms with E-state index in [1.54, 1.807) is 18.2 Å². The van der Waals surface area contributed by atoms with Gasteiger partial charge in [-0.3, -0.25) is 4.72 Å². The number of nitrogens with one attached hydrogen (secondary N) is 2. The molecule has 2 heterocycles. The van der Waals surface area contributed by atoms with Gasteiger partial charge in [0, 0.05) is 29.5 Å². The van der Waals surface area contributed by atoms with Crippen LogP contribution in [-0.4, -0.2) is 20.1 Å². The second-order valence-corrected chi connectivity index (χ2v) is 12.1. The second kappa shape index (κ2) is 9.54. The maximum absolute atomic E-state index is 13.2. The highest BCUT2D eigenvalue weighted by atomic mass is 32.2. The molecule has 3 aromatic carbocycles. The third-order valence-electron chi connectivity index (χ3n) is 7.54. The van der Waals surface area contributed by atoms with Crippen molar-refractivity contribution in [1.82, 2.24) is 0 Å². The minimum atomic E-state index is -3.75. The molecule has 0 radical (unpaired) electrons. The molecule has 0 aliphatic carbocycles. The van der Waals surface area contributed by atoms with Crippen LogP contribution in [0, 0.1) is 25.7 Å². The van der Waals surface area contributed by atoms with E-state index in [-0.39, 0.29) is 28.9 Å². The van der Waals surface area contributed by atoms with Gasteiger partial charge in [-0.1, -0.05) is 44.2 Å². The highest BCUT2D eigenvalue weighted by molar-refractivity contribution is 7.92. The molecular formula is C29H34N2O4S. The monoisotopic (exact) mass is 506 g/mol. The summed E-state index contributed by atoms with van der Waals surface area (Å²) in [5, 5.41) is 14.0. The summed E-state index contributed by atoms with van der Waals surface area (Å²) in [4.78, 5) is 0.223. The Balaban J connectivity index is 1.42. The predicted molar refractivity (Wildman–Crippen MR) is 143 cm³/mol. The largest absolute Gasteiger partial charge is 0.388 e. The molecule has 0 bridgehead atoms. The topological polar surface area (TPSA) is 87.7 Å². The van der Waals surface area contributed by atoms with Crippen LogP contribution in [0.2, 0.25) is 0 Å². The molecule has 5 rings (SSSR count). The van der Waals surface area contributed by atoms with Crippen LogP contribution in [0.25, 0.3) is 0 Å². The number of rotatable bonds is 6. The van der Waals surface area contributed by atoms with Crippen molar-refractivity contribution in [1.29, 1.82) is 0 Å². The molecule has 6 nitrogen and oxygen atoms in total. The molecule has 0 aromatic heterocycles. The summed E-state index contributed by atoms with van der Waals surface area (Å²) < 4.78 is 35.3. The summed E-state index contributed by atoms with van der Waals surface area (Å²) in [6, 6.07) is 19.0. The van der Waals surface area contributed by atoms with Crippen molar-refractivity contribution in [2.75, 3.05) is 16.6 Å². The van der Waals surface area contributed by atoms with Crippen LogP contribution in [-0.2, 0) is 14.8 Å². The van der Waals surface area contributed by atoms with E-state index in [0.717, 1.165) is 39.9 Å². The Morgan fingerprint density at radius 2 is 1.75 bits per heavy atom. The molecule has 1 fully saturated rings. The third kappa shape index (κ3) is 4.63. The molecule has 190 valence electrons. The van der Waals surface area contributed by atoms with Crippen LogP contribution in [0.3, 0.4) is 0 Å². The molecule has 1 saturated heterocycles. The van der Waals surface area contributed by atoms with Crippen molar-refractivity contribution in [2.45, 2.75) is 57.3 Å². The summed E-state index contributed by atoms with van der Waals surface area (Å²) in [5.74, 6) is 0.335. The lowest BCUT2D eigenvalue weighted by atomic mass is 9.80. The van der Waals surface area contributed by atoms with E-state index in [0.29, 0.717) is 12.3 Å². The van der Waals surface area contributed by atoms with Gasteiger partial charge in [-0.25, -0.2) is 8.42 Å². The molecule has 2 aliphatic rings. The number of ether oxygens (including phenoxy) is 1. The van der Waals surface area contributed by atoms with Gasteiger partial charge in [0.25, 0.3) is 10.0 Å². The number of sulfonamides is 1. The molecule has 3 N–H and O–H groups in total. The number of hydrogen-bond acceptors (Lipinski definition) is 5. The van der Waals surface area contributed by atoms with Gasteiger partial charge in [-0.05, 0) is 78.8 Å². The SMILES string of the molecule is Cc1ccc(NS(=O)(=O)c2ccc3c(c2)C2OCCC2C(c2ccc(C(O)C(C)C)cc2)N3)cc1C. The maximum atomic E-state index is 13.2. The Labute approximate surface area is 213 Å². The zero-order valence-corrected chi connectivity index (χ0v) is 22.0. The number of anilines is 2. The lowest BCUT2D eigenvalue weighted by molar-refractivity contribution is 0.0827. The van der Waals surface area contributed by atoms with Gasteiger partial charge in [0.2, 0.25) is 0 Å². The minimum Gasteiger partial charge on any atom is -0.388 e. The Bertz CT molecular complexity index is 1370. The second-order valence-electron chi connectivity index (χ2n) is 10.4. The maximum Gasteiger partial charge on any atom is 0.261 e.